The van der Waals surface area contributed by atoms with Gasteiger partial charge in [-0.05, 0) is 33.1 Å². The lowest BCUT2D eigenvalue weighted by Crippen LogP contribution is -2.65. The van der Waals surface area contributed by atoms with E-state index < -0.39 is 0 Å². The van der Waals surface area contributed by atoms with Gasteiger partial charge in [0, 0.05) is 24.6 Å². The highest BCUT2D eigenvalue weighted by atomic mass is 127. The topological polar surface area (TPSA) is 59.6 Å². The molecule has 1 aliphatic carbocycles. The van der Waals surface area contributed by atoms with Gasteiger partial charge in [-0.1, -0.05) is 13.8 Å². The Kier molecular flexibility index (Phi) is 8.18. The molecule has 2 atom stereocenters. The fourth-order valence-corrected chi connectivity index (χ4v) is 2.98. The van der Waals surface area contributed by atoms with Crippen molar-refractivity contribution in [1.29, 1.82) is 0 Å². The van der Waals surface area contributed by atoms with Crippen LogP contribution in [0, 0.1) is 5.41 Å². The van der Waals surface area contributed by atoms with E-state index >= 15 is 0 Å². The van der Waals surface area contributed by atoms with Gasteiger partial charge >= 0.3 is 0 Å². The van der Waals surface area contributed by atoms with E-state index in [1.54, 1.807) is 0 Å². The molecule has 0 aliphatic heterocycles. The fourth-order valence-electron chi connectivity index (χ4n) is 2.98. The smallest absolute Gasteiger partial charge is 0.188 e. The number of nitrogens with zero attached hydrogens (tertiary/aromatic N) is 1. The zero-order chi connectivity index (χ0) is 12.9. The first-order chi connectivity index (χ1) is 8.14. The molecular weight excluding hydrogens is 341 g/mol. The fraction of sp³-hybridized carbons (Fsp3) is 0.923. The largest absolute Gasteiger partial charge is 0.378 e. The number of nitrogens with one attached hydrogen (secondary N) is 1. The monoisotopic (exact) mass is 369 g/mol. The summed E-state index contributed by atoms with van der Waals surface area (Å²) in [5.74, 6) is 0.568. The molecule has 2 unspecified atom stereocenters. The van der Waals surface area contributed by atoms with E-state index in [4.69, 9.17) is 10.5 Å². The van der Waals surface area contributed by atoms with Crippen LogP contribution >= 0.6 is 24.0 Å². The van der Waals surface area contributed by atoms with Crippen LogP contribution in [0.3, 0.4) is 0 Å². The number of nitrogens with two attached hydrogens (primary N) is 1. The minimum atomic E-state index is 0. The molecule has 0 aromatic rings. The lowest BCUT2D eigenvalue weighted by molar-refractivity contribution is -0.133. The summed E-state index contributed by atoms with van der Waals surface area (Å²) in [7, 11) is 0. The van der Waals surface area contributed by atoms with E-state index in [1.807, 2.05) is 6.92 Å². The van der Waals surface area contributed by atoms with E-state index in [0.717, 1.165) is 32.4 Å². The van der Waals surface area contributed by atoms with Crippen LogP contribution in [-0.4, -0.2) is 31.3 Å². The summed E-state index contributed by atoms with van der Waals surface area (Å²) in [5.41, 5.74) is 6.07. The number of guanidine groups is 1. The average Bonchev–Trinajstić information content (AvgIpc) is 2.30. The lowest BCUT2D eigenvalue weighted by atomic mass is 9.58. The first-order valence-corrected chi connectivity index (χ1v) is 6.82. The molecule has 0 aromatic heterocycles. The van der Waals surface area contributed by atoms with Gasteiger partial charge in [0.2, 0.25) is 0 Å². The van der Waals surface area contributed by atoms with E-state index in [-0.39, 0.29) is 29.4 Å². The molecule has 0 saturated heterocycles. The van der Waals surface area contributed by atoms with Gasteiger partial charge in [-0.2, -0.15) is 0 Å². The van der Waals surface area contributed by atoms with Crippen molar-refractivity contribution < 1.29 is 4.74 Å². The molecule has 0 spiro atoms. The van der Waals surface area contributed by atoms with Gasteiger partial charge in [-0.15, -0.1) is 24.0 Å². The summed E-state index contributed by atoms with van der Waals surface area (Å²) in [6.45, 7) is 10.0. The molecule has 18 heavy (non-hydrogen) atoms. The number of ether oxygens (including phenoxy) is 1. The van der Waals surface area contributed by atoms with Gasteiger partial charge in [-0.3, -0.25) is 4.99 Å². The minimum absolute atomic E-state index is 0. The molecule has 1 saturated carbocycles. The number of halogens is 1. The van der Waals surface area contributed by atoms with E-state index in [9.17, 15) is 0 Å². The van der Waals surface area contributed by atoms with Crippen LogP contribution in [0.2, 0.25) is 0 Å². The Bertz CT molecular complexity index is 267. The van der Waals surface area contributed by atoms with Gasteiger partial charge in [0.25, 0.3) is 0 Å². The maximum atomic E-state index is 5.84. The SMILES string of the molecule is CCN=C(N)NC1CC(OCC)C1(CC)CC.I. The summed E-state index contributed by atoms with van der Waals surface area (Å²) in [5, 5.41) is 3.35. The van der Waals surface area contributed by atoms with E-state index in [1.165, 1.54) is 0 Å². The molecule has 0 radical (unpaired) electrons. The Balaban J connectivity index is 0.00000289. The van der Waals surface area contributed by atoms with Crippen molar-refractivity contribution in [2.45, 2.75) is 59.1 Å². The number of hydrogen-bond acceptors (Lipinski definition) is 2. The molecule has 4 nitrogen and oxygen atoms in total. The van der Waals surface area contributed by atoms with Crippen LogP contribution in [0.25, 0.3) is 0 Å². The number of aliphatic imine (C=N–C) groups is 1. The van der Waals surface area contributed by atoms with Crippen LogP contribution < -0.4 is 11.1 Å². The van der Waals surface area contributed by atoms with Gasteiger partial charge in [0.05, 0.1) is 6.10 Å². The third kappa shape index (κ3) is 3.50. The highest BCUT2D eigenvalue weighted by molar-refractivity contribution is 14.0. The van der Waals surface area contributed by atoms with Crippen LogP contribution in [0.4, 0.5) is 0 Å². The van der Waals surface area contributed by atoms with Crippen molar-refractivity contribution in [3.63, 3.8) is 0 Å². The van der Waals surface area contributed by atoms with Gasteiger partial charge in [-0.25, -0.2) is 0 Å². The summed E-state index contributed by atoms with van der Waals surface area (Å²) in [6.07, 6.45) is 3.64. The number of hydrogen-bond donors (Lipinski definition) is 2. The molecule has 0 aromatic carbocycles. The molecule has 1 rings (SSSR count). The lowest BCUT2D eigenvalue weighted by Gasteiger charge is -2.55. The predicted molar refractivity (Wildman–Crippen MR) is 87.5 cm³/mol. The summed E-state index contributed by atoms with van der Waals surface area (Å²) < 4.78 is 5.83. The first kappa shape index (κ1) is 18.0. The Labute approximate surface area is 128 Å². The van der Waals surface area contributed by atoms with Gasteiger partial charge < -0.3 is 15.8 Å². The molecule has 5 heteroatoms. The normalized spacial score (nSPS) is 26.1. The molecule has 1 aliphatic rings. The molecule has 0 bridgehead atoms. The molecule has 108 valence electrons. The zero-order valence-electron chi connectivity index (χ0n) is 12.0. The van der Waals surface area contributed by atoms with Crippen molar-refractivity contribution in [3.05, 3.63) is 0 Å². The van der Waals surface area contributed by atoms with Crippen LogP contribution in [-0.2, 0) is 4.74 Å². The third-order valence-corrected chi connectivity index (χ3v) is 4.12. The van der Waals surface area contributed by atoms with Gasteiger partial charge in [0.15, 0.2) is 5.96 Å². The Hall–Kier alpha value is -0.0400. The zero-order valence-corrected chi connectivity index (χ0v) is 14.4. The van der Waals surface area contributed by atoms with Gasteiger partial charge in [0.1, 0.15) is 0 Å². The highest BCUT2D eigenvalue weighted by Crippen LogP contribution is 2.48. The van der Waals surface area contributed by atoms with Crippen molar-refractivity contribution in [2.75, 3.05) is 13.2 Å². The van der Waals surface area contributed by atoms with Crippen molar-refractivity contribution in [2.24, 2.45) is 16.1 Å². The second-order valence-corrected chi connectivity index (χ2v) is 4.68. The molecular formula is C13H28IN3O. The summed E-state index contributed by atoms with van der Waals surface area (Å²) >= 11 is 0. The van der Waals surface area contributed by atoms with Crippen LogP contribution in [0.15, 0.2) is 4.99 Å². The first-order valence-electron chi connectivity index (χ1n) is 6.82. The Morgan fingerprint density at radius 2 is 1.94 bits per heavy atom. The second-order valence-electron chi connectivity index (χ2n) is 4.68. The van der Waals surface area contributed by atoms with Crippen molar-refractivity contribution in [3.8, 4) is 0 Å². The summed E-state index contributed by atoms with van der Waals surface area (Å²) in [6, 6.07) is 0.407. The molecule has 0 amide bonds. The quantitative estimate of drug-likeness (QED) is 0.430. The maximum absolute atomic E-state index is 5.84. The minimum Gasteiger partial charge on any atom is -0.378 e. The maximum Gasteiger partial charge on any atom is 0.188 e. The van der Waals surface area contributed by atoms with Crippen molar-refractivity contribution >= 4 is 29.9 Å². The molecule has 0 heterocycles. The van der Waals surface area contributed by atoms with E-state index in [2.05, 4.69) is 31.1 Å². The standard InChI is InChI=1S/C13H27N3O.HI/c1-5-13(6-2)10(9-11(13)17-8-4)16-12(14)15-7-3;/h10-11H,5-9H2,1-4H3,(H3,14,15,16);1H. The van der Waals surface area contributed by atoms with Crippen LogP contribution in [0.1, 0.15) is 47.0 Å². The second kappa shape index (κ2) is 8.19. The molecule has 1 fully saturated rings. The van der Waals surface area contributed by atoms with E-state index in [0.29, 0.717) is 18.1 Å². The third-order valence-electron chi connectivity index (χ3n) is 4.12. The Morgan fingerprint density at radius 1 is 1.33 bits per heavy atom. The van der Waals surface area contributed by atoms with Crippen LogP contribution in [0.5, 0.6) is 0 Å². The summed E-state index contributed by atoms with van der Waals surface area (Å²) in [4.78, 5) is 4.19. The van der Waals surface area contributed by atoms with Crippen molar-refractivity contribution in [1.82, 2.24) is 5.32 Å². The predicted octanol–water partition coefficient (Wildman–Crippen LogP) is 2.51. The Morgan fingerprint density at radius 3 is 2.39 bits per heavy atom. The highest BCUT2D eigenvalue weighted by Gasteiger charge is 2.53. The number of rotatable bonds is 6. The molecule has 3 N–H and O–H groups in total. The average molecular weight is 369 g/mol.